The molecule has 1 amide bonds. The van der Waals surface area contributed by atoms with Crippen molar-refractivity contribution in [2.45, 2.75) is 6.92 Å². The highest BCUT2D eigenvalue weighted by atomic mass is 79.9. The van der Waals surface area contributed by atoms with Crippen LogP contribution in [0.3, 0.4) is 0 Å². The number of carbonyl (C=O) groups excluding carboxylic acids is 1. The normalized spacial score (nSPS) is 10.3. The number of phenolic OH excluding ortho intramolecular Hbond substituents is 1. The minimum atomic E-state index is -0.364. The average molecular weight is 342 g/mol. The van der Waals surface area contributed by atoms with Gasteiger partial charge in [0.25, 0.3) is 5.91 Å². The van der Waals surface area contributed by atoms with Crippen LogP contribution >= 0.6 is 27.5 Å². The maximum atomic E-state index is 12.0. The van der Waals surface area contributed by atoms with E-state index in [9.17, 15) is 9.90 Å². The van der Waals surface area contributed by atoms with Crippen molar-refractivity contribution < 1.29 is 9.90 Å². The predicted molar refractivity (Wildman–Crippen MR) is 77.7 cm³/mol. The molecule has 6 heteroatoms. The van der Waals surface area contributed by atoms with E-state index in [1.54, 1.807) is 24.4 Å². The summed E-state index contributed by atoms with van der Waals surface area (Å²) in [6.07, 6.45) is 1.61. The lowest BCUT2D eigenvalue weighted by atomic mass is 10.2. The summed E-state index contributed by atoms with van der Waals surface area (Å²) in [5.74, 6) is -0.363. The Morgan fingerprint density at radius 1 is 1.42 bits per heavy atom. The Morgan fingerprint density at radius 2 is 2.16 bits per heavy atom. The number of halogens is 2. The van der Waals surface area contributed by atoms with Gasteiger partial charge in [0.2, 0.25) is 0 Å². The third-order valence-electron chi connectivity index (χ3n) is 2.43. The van der Waals surface area contributed by atoms with Gasteiger partial charge in [-0.1, -0.05) is 11.6 Å². The Labute approximate surface area is 123 Å². The first kappa shape index (κ1) is 13.8. The molecule has 0 aliphatic rings. The topological polar surface area (TPSA) is 62.2 Å². The molecule has 0 aliphatic carbocycles. The number of benzene rings is 1. The molecule has 0 unspecified atom stereocenters. The molecule has 0 aliphatic heterocycles. The summed E-state index contributed by atoms with van der Waals surface area (Å²) in [5.41, 5.74) is 1.66. The fraction of sp³-hybridized carbons (Fsp3) is 0.0769. The average Bonchev–Trinajstić information content (AvgIpc) is 2.37. The minimum Gasteiger partial charge on any atom is -0.507 e. The van der Waals surface area contributed by atoms with Gasteiger partial charge in [0, 0.05) is 11.8 Å². The lowest BCUT2D eigenvalue weighted by molar-refractivity contribution is 0.102. The molecule has 0 fully saturated rings. The Balaban J connectivity index is 2.25. The van der Waals surface area contributed by atoms with Crippen LogP contribution in [0.15, 0.2) is 34.9 Å². The molecular weight excluding hydrogens is 332 g/mol. The molecule has 1 aromatic carbocycles. The van der Waals surface area contributed by atoms with Crippen molar-refractivity contribution in [1.82, 2.24) is 4.98 Å². The fourth-order valence-electron chi connectivity index (χ4n) is 1.49. The van der Waals surface area contributed by atoms with Gasteiger partial charge in [-0.25, -0.2) is 4.98 Å². The second-order valence-electron chi connectivity index (χ2n) is 3.97. The highest BCUT2D eigenvalue weighted by Gasteiger charge is 2.11. The zero-order chi connectivity index (χ0) is 14.0. The molecule has 0 atom stereocenters. The lowest BCUT2D eigenvalue weighted by Crippen LogP contribution is -2.12. The maximum absolute atomic E-state index is 12.0. The number of pyridine rings is 1. The van der Waals surface area contributed by atoms with Crippen LogP contribution in [0, 0.1) is 6.92 Å². The van der Waals surface area contributed by atoms with E-state index in [-0.39, 0.29) is 16.8 Å². The van der Waals surface area contributed by atoms with E-state index in [0.29, 0.717) is 15.7 Å². The van der Waals surface area contributed by atoms with Gasteiger partial charge in [-0.15, -0.1) is 0 Å². The van der Waals surface area contributed by atoms with E-state index in [2.05, 4.69) is 26.2 Å². The van der Waals surface area contributed by atoms with Crippen LogP contribution in [0.5, 0.6) is 5.75 Å². The smallest absolute Gasteiger partial charge is 0.255 e. The van der Waals surface area contributed by atoms with Gasteiger partial charge in [-0.05, 0) is 52.7 Å². The number of aromatic nitrogens is 1. The maximum Gasteiger partial charge on any atom is 0.255 e. The number of rotatable bonds is 2. The third-order valence-corrected chi connectivity index (χ3v) is 3.40. The number of phenols is 1. The molecule has 2 rings (SSSR count). The van der Waals surface area contributed by atoms with Crippen LogP contribution in [-0.4, -0.2) is 16.0 Å². The molecule has 2 aromatic rings. The van der Waals surface area contributed by atoms with Crippen molar-refractivity contribution in [3.63, 3.8) is 0 Å². The van der Waals surface area contributed by atoms with Crippen molar-refractivity contribution in [2.24, 2.45) is 0 Å². The Bertz CT molecular complexity index is 647. The van der Waals surface area contributed by atoms with Crippen LogP contribution in [0.1, 0.15) is 15.9 Å². The molecule has 0 spiro atoms. The summed E-state index contributed by atoms with van der Waals surface area (Å²) in [6, 6.07) is 6.29. The SMILES string of the molecule is Cc1cnc(Cl)c(NC(=O)c2ccc(Br)c(O)c2)c1. The second kappa shape index (κ2) is 5.59. The number of aromatic hydroxyl groups is 1. The van der Waals surface area contributed by atoms with Crippen molar-refractivity contribution in [3.8, 4) is 5.75 Å². The number of amides is 1. The molecule has 0 saturated carbocycles. The lowest BCUT2D eigenvalue weighted by Gasteiger charge is -2.08. The number of nitrogens with one attached hydrogen (secondary N) is 1. The van der Waals surface area contributed by atoms with Gasteiger partial charge in [0.1, 0.15) is 5.75 Å². The van der Waals surface area contributed by atoms with Crippen molar-refractivity contribution in [2.75, 3.05) is 5.32 Å². The monoisotopic (exact) mass is 340 g/mol. The molecule has 0 saturated heterocycles. The summed E-state index contributed by atoms with van der Waals surface area (Å²) >= 11 is 9.06. The van der Waals surface area contributed by atoms with Gasteiger partial charge in [-0.3, -0.25) is 4.79 Å². The van der Waals surface area contributed by atoms with Gasteiger partial charge in [0.15, 0.2) is 5.15 Å². The first-order valence-electron chi connectivity index (χ1n) is 5.39. The van der Waals surface area contributed by atoms with Gasteiger partial charge in [0.05, 0.1) is 10.2 Å². The second-order valence-corrected chi connectivity index (χ2v) is 5.18. The van der Waals surface area contributed by atoms with E-state index in [0.717, 1.165) is 5.56 Å². The first-order valence-corrected chi connectivity index (χ1v) is 6.56. The number of anilines is 1. The van der Waals surface area contributed by atoms with Crippen LogP contribution in [-0.2, 0) is 0 Å². The van der Waals surface area contributed by atoms with Crippen molar-refractivity contribution in [1.29, 1.82) is 0 Å². The van der Waals surface area contributed by atoms with Gasteiger partial charge in [-0.2, -0.15) is 0 Å². The van der Waals surface area contributed by atoms with Crippen LogP contribution < -0.4 is 5.32 Å². The molecule has 98 valence electrons. The number of aryl methyl sites for hydroxylation is 1. The molecule has 0 radical (unpaired) electrons. The molecule has 19 heavy (non-hydrogen) atoms. The van der Waals surface area contributed by atoms with E-state index in [1.165, 1.54) is 6.07 Å². The summed E-state index contributed by atoms with van der Waals surface area (Å²) < 4.78 is 0.527. The van der Waals surface area contributed by atoms with E-state index in [4.69, 9.17) is 11.6 Å². The van der Waals surface area contributed by atoms with Crippen LogP contribution in [0.2, 0.25) is 5.15 Å². The number of nitrogens with zero attached hydrogens (tertiary/aromatic N) is 1. The number of carbonyl (C=O) groups is 1. The van der Waals surface area contributed by atoms with Crippen LogP contribution in [0.25, 0.3) is 0 Å². The Hall–Kier alpha value is -1.59. The largest absolute Gasteiger partial charge is 0.507 e. The summed E-state index contributed by atoms with van der Waals surface area (Å²) in [4.78, 5) is 16.0. The molecule has 4 nitrogen and oxygen atoms in total. The predicted octanol–water partition coefficient (Wildman–Crippen LogP) is 3.76. The zero-order valence-corrected chi connectivity index (χ0v) is 12.3. The zero-order valence-electron chi connectivity index (χ0n) is 9.95. The molecule has 1 aromatic heterocycles. The van der Waals surface area contributed by atoms with Crippen molar-refractivity contribution >= 4 is 39.1 Å². The summed E-state index contributed by atoms with van der Waals surface area (Å²) in [6.45, 7) is 1.85. The Morgan fingerprint density at radius 3 is 2.84 bits per heavy atom. The van der Waals surface area contributed by atoms with E-state index < -0.39 is 0 Å². The number of hydrogen-bond acceptors (Lipinski definition) is 3. The van der Waals surface area contributed by atoms with Crippen molar-refractivity contribution in [3.05, 3.63) is 51.2 Å². The quantitative estimate of drug-likeness (QED) is 0.818. The first-order chi connectivity index (χ1) is 8.97. The molecule has 1 heterocycles. The Kier molecular flexibility index (Phi) is 4.07. The van der Waals surface area contributed by atoms with Crippen LogP contribution in [0.4, 0.5) is 5.69 Å². The summed E-state index contributed by atoms with van der Waals surface area (Å²) in [5, 5.41) is 12.4. The summed E-state index contributed by atoms with van der Waals surface area (Å²) in [7, 11) is 0. The standard InChI is InChI=1S/C13H10BrClN2O2/c1-7-4-10(12(15)16-6-7)17-13(19)8-2-3-9(14)11(18)5-8/h2-6,18H,1H3,(H,17,19). The third kappa shape index (κ3) is 3.24. The van der Waals surface area contributed by atoms with Gasteiger partial charge >= 0.3 is 0 Å². The number of hydrogen-bond donors (Lipinski definition) is 2. The highest BCUT2D eigenvalue weighted by molar-refractivity contribution is 9.10. The molecule has 2 N–H and O–H groups in total. The van der Waals surface area contributed by atoms with E-state index >= 15 is 0 Å². The minimum absolute atomic E-state index is 0.00103. The molecule has 0 bridgehead atoms. The fourth-order valence-corrected chi connectivity index (χ4v) is 1.89. The highest BCUT2D eigenvalue weighted by Crippen LogP contribution is 2.25. The molecular formula is C13H10BrClN2O2. The van der Waals surface area contributed by atoms with Gasteiger partial charge < -0.3 is 10.4 Å². The van der Waals surface area contributed by atoms with E-state index in [1.807, 2.05) is 6.92 Å².